The second-order valence-corrected chi connectivity index (χ2v) is 6.08. The Hall–Kier alpha value is -1.75. The maximum Gasteiger partial charge on any atom is 0.319 e. The number of nitrogens with zero attached hydrogens (tertiary/aromatic N) is 1. The molecule has 0 saturated carbocycles. The molecular weight excluding hydrogens is 278 g/mol. The maximum absolute atomic E-state index is 12.1. The van der Waals surface area contributed by atoms with Gasteiger partial charge in [0.1, 0.15) is 0 Å². The highest BCUT2D eigenvalue weighted by Crippen LogP contribution is 2.23. The Kier molecular flexibility index (Phi) is 5.16. The summed E-state index contributed by atoms with van der Waals surface area (Å²) in [4.78, 5) is 14.5. The Bertz CT molecular complexity index is 494. The van der Waals surface area contributed by atoms with Crippen molar-refractivity contribution in [1.29, 1.82) is 0 Å². The lowest BCUT2D eigenvalue weighted by atomic mass is 10.1. The van der Waals surface area contributed by atoms with Crippen LogP contribution in [-0.4, -0.2) is 38.4 Å². The van der Waals surface area contributed by atoms with Crippen LogP contribution in [0.1, 0.15) is 32.1 Å². The van der Waals surface area contributed by atoms with Crippen molar-refractivity contribution in [2.45, 2.75) is 38.1 Å². The molecule has 5 heteroatoms. The molecule has 2 heterocycles. The SMILES string of the molecule is O=C(Nc1cccc(N2CCCCC2)c1)NC1CCOCC1. The van der Waals surface area contributed by atoms with Crippen LogP contribution in [0.25, 0.3) is 0 Å². The van der Waals surface area contributed by atoms with Gasteiger partial charge in [0.05, 0.1) is 0 Å². The number of carbonyl (C=O) groups excluding carboxylic acids is 1. The van der Waals surface area contributed by atoms with Crippen molar-refractivity contribution in [3.05, 3.63) is 24.3 Å². The fourth-order valence-corrected chi connectivity index (χ4v) is 3.13. The van der Waals surface area contributed by atoms with E-state index in [1.54, 1.807) is 0 Å². The Morgan fingerprint density at radius 2 is 1.91 bits per heavy atom. The molecule has 0 aromatic heterocycles. The van der Waals surface area contributed by atoms with Crippen LogP contribution in [0, 0.1) is 0 Å². The highest BCUT2D eigenvalue weighted by molar-refractivity contribution is 5.90. The summed E-state index contributed by atoms with van der Waals surface area (Å²) in [5.74, 6) is 0. The molecule has 0 bridgehead atoms. The Labute approximate surface area is 132 Å². The summed E-state index contributed by atoms with van der Waals surface area (Å²) in [5.41, 5.74) is 2.05. The first-order valence-electron chi connectivity index (χ1n) is 8.31. The van der Waals surface area contributed by atoms with Gasteiger partial charge in [-0.2, -0.15) is 0 Å². The number of nitrogens with one attached hydrogen (secondary N) is 2. The molecule has 0 aliphatic carbocycles. The van der Waals surface area contributed by atoms with E-state index in [9.17, 15) is 4.79 Å². The predicted octanol–water partition coefficient (Wildman–Crippen LogP) is 2.98. The number of piperidine rings is 1. The quantitative estimate of drug-likeness (QED) is 0.902. The van der Waals surface area contributed by atoms with Crippen LogP contribution < -0.4 is 15.5 Å². The largest absolute Gasteiger partial charge is 0.381 e. The highest BCUT2D eigenvalue weighted by atomic mass is 16.5. The van der Waals surface area contributed by atoms with E-state index in [0.717, 1.165) is 44.8 Å². The molecule has 0 atom stereocenters. The van der Waals surface area contributed by atoms with Crippen LogP contribution >= 0.6 is 0 Å². The smallest absolute Gasteiger partial charge is 0.319 e. The molecular formula is C17H25N3O2. The number of ether oxygens (including phenoxy) is 1. The Morgan fingerprint density at radius 3 is 2.68 bits per heavy atom. The van der Waals surface area contributed by atoms with Crippen LogP contribution in [0.2, 0.25) is 0 Å². The molecule has 2 N–H and O–H groups in total. The maximum atomic E-state index is 12.1. The lowest BCUT2D eigenvalue weighted by Gasteiger charge is -2.29. The Balaban J connectivity index is 1.56. The van der Waals surface area contributed by atoms with Gasteiger partial charge in [-0.15, -0.1) is 0 Å². The molecule has 2 aliphatic heterocycles. The lowest BCUT2D eigenvalue weighted by molar-refractivity contribution is 0.0806. The van der Waals surface area contributed by atoms with Gasteiger partial charge in [-0.25, -0.2) is 4.79 Å². The standard InChI is InChI=1S/C17H25N3O2/c21-17(18-14-7-11-22-12-8-14)19-15-5-4-6-16(13-15)20-9-2-1-3-10-20/h4-6,13-14H,1-3,7-12H2,(H2,18,19,21). The third-order valence-corrected chi connectivity index (χ3v) is 4.38. The number of hydrogen-bond acceptors (Lipinski definition) is 3. The van der Waals surface area contributed by atoms with Gasteiger partial charge in [-0.3, -0.25) is 0 Å². The zero-order chi connectivity index (χ0) is 15.2. The van der Waals surface area contributed by atoms with Crippen LogP contribution in [0.15, 0.2) is 24.3 Å². The van der Waals surface area contributed by atoms with E-state index in [-0.39, 0.29) is 12.1 Å². The predicted molar refractivity (Wildman–Crippen MR) is 88.5 cm³/mol. The van der Waals surface area contributed by atoms with Crippen LogP contribution in [-0.2, 0) is 4.74 Å². The molecule has 5 nitrogen and oxygen atoms in total. The minimum atomic E-state index is -0.123. The number of benzene rings is 1. The van der Waals surface area contributed by atoms with E-state index in [4.69, 9.17) is 4.74 Å². The first-order chi connectivity index (χ1) is 10.8. The molecule has 22 heavy (non-hydrogen) atoms. The van der Waals surface area contributed by atoms with Gasteiger partial charge < -0.3 is 20.3 Å². The molecule has 2 aliphatic rings. The third-order valence-electron chi connectivity index (χ3n) is 4.38. The molecule has 2 fully saturated rings. The highest BCUT2D eigenvalue weighted by Gasteiger charge is 2.16. The molecule has 0 radical (unpaired) electrons. The summed E-state index contributed by atoms with van der Waals surface area (Å²) in [7, 11) is 0. The number of urea groups is 1. The van der Waals surface area contributed by atoms with Crippen molar-refractivity contribution in [2.24, 2.45) is 0 Å². The molecule has 120 valence electrons. The molecule has 1 aromatic carbocycles. The van der Waals surface area contributed by atoms with Crippen LogP contribution in [0.5, 0.6) is 0 Å². The molecule has 2 amide bonds. The van der Waals surface area contributed by atoms with Crippen LogP contribution in [0.4, 0.5) is 16.2 Å². The minimum absolute atomic E-state index is 0.123. The second kappa shape index (κ2) is 7.49. The third kappa shape index (κ3) is 4.13. The molecule has 0 unspecified atom stereocenters. The monoisotopic (exact) mass is 303 g/mol. The lowest BCUT2D eigenvalue weighted by Crippen LogP contribution is -2.41. The fourth-order valence-electron chi connectivity index (χ4n) is 3.13. The van der Waals surface area contributed by atoms with Gasteiger partial charge >= 0.3 is 6.03 Å². The summed E-state index contributed by atoms with van der Waals surface area (Å²) < 4.78 is 5.31. The van der Waals surface area contributed by atoms with Gasteiger partial charge in [-0.1, -0.05) is 6.07 Å². The molecule has 2 saturated heterocycles. The van der Waals surface area contributed by atoms with Crippen molar-refractivity contribution >= 4 is 17.4 Å². The number of anilines is 2. The normalized spacial score (nSPS) is 19.7. The summed E-state index contributed by atoms with van der Waals surface area (Å²) >= 11 is 0. The van der Waals surface area contributed by atoms with Crippen molar-refractivity contribution in [1.82, 2.24) is 5.32 Å². The molecule has 3 rings (SSSR count). The van der Waals surface area contributed by atoms with E-state index in [1.165, 1.54) is 24.9 Å². The van der Waals surface area contributed by atoms with E-state index < -0.39 is 0 Å². The summed E-state index contributed by atoms with van der Waals surface area (Å²) in [6, 6.07) is 8.23. The Morgan fingerprint density at radius 1 is 1.14 bits per heavy atom. The number of carbonyl (C=O) groups is 1. The minimum Gasteiger partial charge on any atom is -0.381 e. The van der Waals surface area contributed by atoms with Crippen molar-refractivity contribution in [2.75, 3.05) is 36.5 Å². The van der Waals surface area contributed by atoms with Crippen LogP contribution in [0.3, 0.4) is 0 Å². The first kappa shape index (κ1) is 15.2. The number of rotatable bonds is 3. The summed E-state index contributed by atoms with van der Waals surface area (Å²) in [5, 5.41) is 5.97. The molecule has 0 spiro atoms. The zero-order valence-electron chi connectivity index (χ0n) is 13.0. The number of hydrogen-bond donors (Lipinski definition) is 2. The summed E-state index contributed by atoms with van der Waals surface area (Å²) in [6.45, 7) is 3.68. The van der Waals surface area contributed by atoms with Gasteiger partial charge in [0.15, 0.2) is 0 Å². The van der Waals surface area contributed by atoms with E-state index >= 15 is 0 Å². The average Bonchev–Trinajstić information content (AvgIpc) is 2.57. The number of amides is 2. The van der Waals surface area contributed by atoms with Gasteiger partial charge in [-0.05, 0) is 50.3 Å². The van der Waals surface area contributed by atoms with E-state index in [0.29, 0.717) is 0 Å². The average molecular weight is 303 g/mol. The van der Waals surface area contributed by atoms with Gasteiger partial charge in [0.2, 0.25) is 0 Å². The van der Waals surface area contributed by atoms with Gasteiger partial charge in [0, 0.05) is 43.7 Å². The second-order valence-electron chi connectivity index (χ2n) is 6.08. The molecule has 1 aromatic rings. The van der Waals surface area contributed by atoms with Crippen molar-refractivity contribution in [3.63, 3.8) is 0 Å². The zero-order valence-corrected chi connectivity index (χ0v) is 13.0. The topological polar surface area (TPSA) is 53.6 Å². The fraction of sp³-hybridized carbons (Fsp3) is 0.588. The van der Waals surface area contributed by atoms with Gasteiger partial charge in [0.25, 0.3) is 0 Å². The van der Waals surface area contributed by atoms with E-state index in [1.807, 2.05) is 12.1 Å². The van der Waals surface area contributed by atoms with E-state index in [2.05, 4.69) is 27.7 Å². The summed E-state index contributed by atoms with van der Waals surface area (Å²) in [6.07, 6.45) is 5.61. The van der Waals surface area contributed by atoms with Crippen molar-refractivity contribution < 1.29 is 9.53 Å². The van der Waals surface area contributed by atoms with Crippen molar-refractivity contribution in [3.8, 4) is 0 Å². The first-order valence-corrected chi connectivity index (χ1v) is 8.31.